The van der Waals surface area contributed by atoms with Crippen molar-refractivity contribution in [1.82, 2.24) is 9.21 Å². The van der Waals surface area contributed by atoms with Gasteiger partial charge in [0.2, 0.25) is 10.0 Å². The van der Waals surface area contributed by atoms with Gasteiger partial charge in [0, 0.05) is 25.2 Å². The summed E-state index contributed by atoms with van der Waals surface area (Å²) in [5, 5.41) is 0. The SMILES string of the molecule is C[C@H]1CCC[C@H](C)N1C(=O)COC(=O)c1cc(S(=O)(=O)N2CCOCC2)ccc1F. The molecule has 0 saturated carbocycles. The maximum Gasteiger partial charge on any atom is 0.341 e. The number of hydrogen-bond acceptors (Lipinski definition) is 6. The number of hydrogen-bond donors (Lipinski definition) is 0. The van der Waals surface area contributed by atoms with Crippen LogP contribution in [0.25, 0.3) is 0 Å². The Hall–Kier alpha value is -2.04. The van der Waals surface area contributed by atoms with Crippen LogP contribution in [0.1, 0.15) is 43.5 Å². The summed E-state index contributed by atoms with van der Waals surface area (Å²) >= 11 is 0. The molecule has 2 aliphatic heterocycles. The molecule has 0 unspecified atom stereocenters. The highest BCUT2D eigenvalue weighted by atomic mass is 32.2. The number of rotatable bonds is 5. The smallest absolute Gasteiger partial charge is 0.341 e. The molecule has 1 amide bonds. The molecule has 0 N–H and O–H groups in total. The maximum atomic E-state index is 14.2. The van der Waals surface area contributed by atoms with Crippen LogP contribution in [0.15, 0.2) is 23.1 Å². The molecule has 2 atom stereocenters. The zero-order valence-corrected chi connectivity index (χ0v) is 18.0. The number of carbonyl (C=O) groups excluding carboxylic acids is 2. The van der Waals surface area contributed by atoms with Crippen LogP contribution in [0.2, 0.25) is 0 Å². The van der Waals surface area contributed by atoms with Gasteiger partial charge in [-0.05, 0) is 51.3 Å². The first kappa shape index (κ1) is 22.6. The Morgan fingerprint density at radius 3 is 2.43 bits per heavy atom. The highest BCUT2D eigenvalue weighted by Gasteiger charge is 2.31. The summed E-state index contributed by atoms with van der Waals surface area (Å²) in [4.78, 5) is 26.4. The van der Waals surface area contributed by atoms with E-state index in [1.54, 1.807) is 4.90 Å². The van der Waals surface area contributed by atoms with Gasteiger partial charge in [-0.25, -0.2) is 17.6 Å². The lowest BCUT2D eigenvalue weighted by atomic mass is 9.97. The Balaban J connectivity index is 1.71. The average Bonchev–Trinajstić information content (AvgIpc) is 2.72. The van der Waals surface area contributed by atoms with Crippen LogP contribution in [0.5, 0.6) is 0 Å². The molecule has 0 aromatic heterocycles. The number of sulfonamides is 1. The van der Waals surface area contributed by atoms with Crippen molar-refractivity contribution in [1.29, 1.82) is 0 Å². The van der Waals surface area contributed by atoms with Crippen molar-refractivity contribution in [3.63, 3.8) is 0 Å². The van der Waals surface area contributed by atoms with Gasteiger partial charge in [-0.15, -0.1) is 0 Å². The molecule has 1 aromatic rings. The van der Waals surface area contributed by atoms with Crippen LogP contribution in [0.3, 0.4) is 0 Å². The molecule has 2 saturated heterocycles. The van der Waals surface area contributed by atoms with E-state index in [2.05, 4.69) is 0 Å². The molecule has 166 valence electrons. The molecule has 0 radical (unpaired) electrons. The topological polar surface area (TPSA) is 93.2 Å². The first-order valence-corrected chi connectivity index (χ1v) is 11.5. The van der Waals surface area contributed by atoms with Crippen molar-refractivity contribution in [2.24, 2.45) is 0 Å². The number of likely N-dealkylation sites (tertiary alicyclic amines) is 1. The number of amides is 1. The Kier molecular flexibility index (Phi) is 7.10. The van der Waals surface area contributed by atoms with Crippen molar-refractivity contribution in [2.45, 2.75) is 50.1 Å². The van der Waals surface area contributed by atoms with Crippen LogP contribution in [-0.2, 0) is 24.3 Å². The van der Waals surface area contributed by atoms with Crippen LogP contribution < -0.4 is 0 Å². The van der Waals surface area contributed by atoms with Crippen LogP contribution >= 0.6 is 0 Å². The quantitative estimate of drug-likeness (QED) is 0.646. The zero-order chi connectivity index (χ0) is 21.9. The van der Waals surface area contributed by atoms with Gasteiger partial charge in [0.15, 0.2) is 6.61 Å². The summed E-state index contributed by atoms with van der Waals surface area (Å²) in [7, 11) is -3.89. The lowest BCUT2D eigenvalue weighted by Gasteiger charge is -2.38. The lowest BCUT2D eigenvalue weighted by Crippen LogP contribution is -2.49. The zero-order valence-electron chi connectivity index (χ0n) is 17.2. The third-order valence-electron chi connectivity index (χ3n) is 5.57. The number of benzene rings is 1. The van der Waals surface area contributed by atoms with Crippen molar-refractivity contribution in [2.75, 3.05) is 32.9 Å². The highest BCUT2D eigenvalue weighted by molar-refractivity contribution is 7.89. The number of piperidine rings is 1. The average molecular weight is 443 g/mol. The molecule has 8 nitrogen and oxygen atoms in total. The number of esters is 1. The van der Waals surface area contributed by atoms with E-state index in [4.69, 9.17) is 9.47 Å². The minimum absolute atomic E-state index is 0.0404. The monoisotopic (exact) mass is 442 g/mol. The first-order valence-electron chi connectivity index (χ1n) is 10.1. The Labute approximate surface area is 176 Å². The number of ether oxygens (including phenoxy) is 2. The summed E-state index contributed by atoms with van der Waals surface area (Å²) in [6.45, 7) is 4.26. The van der Waals surface area contributed by atoms with Crippen LogP contribution in [-0.4, -0.2) is 74.5 Å². The third kappa shape index (κ3) is 4.81. The third-order valence-corrected chi connectivity index (χ3v) is 7.47. The van der Waals surface area contributed by atoms with E-state index < -0.39 is 34.0 Å². The van der Waals surface area contributed by atoms with Crippen molar-refractivity contribution in [3.05, 3.63) is 29.6 Å². The number of halogens is 1. The second kappa shape index (κ2) is 9.40. The lowest BCUT2D eigenvalue weighted by molar-refractivity contribution is -0.140. The molecule has 30 heavy (non-hydrogen) atoms. The van der Waals surface area contributed by atoms with Gasteiger partial charge >= 0.3 is 5.97 Å². The van der Waals surface area contributed by atoms with Gasteiger partial charge in [-0.2, -0.15) is 4.31 Å². The first-order chi connectivity index (χ1) is 14.2. The van der Waals surface area contributed by atoms with Gasteiger partial charge in [0.05, 0.1) is 23.7 Å². The van der Waals surface area contributed by atoms with Crippen molar-refractivity contribution < 1.29 is 31.9 Å². The molecule has 0 aliphatic carbocycles. The number of morpholine rings is 1. The van der Waals surface area contributed by atoms with E-state index in [-0.39, 0.29) is 49.2 Å². The highest BCUT2D eigenvalue weighted by Crippen LogP contribution is 2.23. The normalized spacial score (nSPS) is 23.2. The standard InChI is InChI=1S/C20H27FN2O6S/c1-14-4-3-5-15(2)23(14)19(24)13-29-20(25)17-12-16(6-7-18(17)21)30(26,27)22-8-10-28-11-9-22/h6-7,12,14-15H,3-5,8-11,13H2,1-2H3/t14-,15-/m0/s1. The molecule has 2 aliphatic rings. The van der Waals surface area contributed by atoms with Gasteiger partial charge in [-0.1, -0.05) is 0 Å². The Bertz CT molecular complexity index is 891. The second-order valence-corrected chi connectivity index (χ2v) is 9.60. The van der Waals surface area contributed by atoms with Gasteiger partial charge in [-0.3, -0.25) is 4.79 Å². The molecule has 2 heterocycles. The predicted octanol–water partition coefficient (Wildman–Crippen LogP) is 1.79. The second-order valence-electron chi connectivity index (χ2n) is 7.66. The van der Waals surface area contributed by atoms with Gasteiger partial charge in [0.1, 0.15) is 5.82 Å². The van der Waals surface area contributed by atoms with E-state index >= 15 is 0 Å². The maximum absolute atomic E-state index is 14.2. The summed E-state index contributed by atoms with van der Waals surface area (Å²) in [5.74, 6) is -2.33. The fourth-order valence-corrected chi connectivity index (χ4v) is 5.38. The fourth-order valence-electron chi connectivity index (χ4n) is 3.95. The molecule has 3 rings (SSSR count). The minimum Gasteiger partial charge on any atom is -0.452 e. The molecular formula is C20H27FN2O6S. The minimum atomic E-state index is -3.89. The van der Waals surface area contributed by atoms with Crippen LogP contribution in [0, 0.1) is 5.82 Å². The fraction of sp³-hybridized carbons (Fsp3) is 0.600. The van der Waals surface area contributed by atoms with Gasteiger partial charge in [0.25, 0.3) is 5.91 Å². The molecule has 0 spiro atoms. The van der Waals surface area contributed by atoms with E-state index in [1.807, 2.05) is 13.8 Å². The van der Waals surface area contributed by atoms with E-state index in [0.717, 1.165) is 37.5 Å². The van der Waals surface area contributed by atoms with Gasteiger partial charge < -0.3 is 14.4 Å². The number of nitrogens with zero attached hydrogens (tertiary/aromatic N) is 2. The van der Waals surface area contributed by atoms with Crippen LogP contribution in [0.4, 0.5) is 4.39 Å². The summed E-state index contributed by atoms with van der Waals surface area (Å²) < 4.78 is 51.1. The Morgan fingerprint density at radius 1 is 1.17 bits per heavy atom. The molecule has 1 aromatic carbocycles. The molecule has 0 bridgehead atoms. The van der Waals surface area contributed by atoms with E-state index in [1.165, 1.54) is 4.31 Å². The predicted molar refractivity (Wildman–Crippen MR) is 106 cm³/mol. The largest absolute Gasteiger partial charge is 0.452 e. The number of carbonyl (C=O) groups is 2. The summed E-state index contributed by atoms with van der Waals surface area (Å²) in [5.41, 5.74) is -0.517. The van der Waals surface area contributed by atoms with E-state index in [0.29, 0.717) is 0 Å². The molecule has 2 fully saturated rings. The van der Waals surface area contributed by atoms with Crippen molar-refractivity contribution >= 4 is 21.9 Å². The summed E-state index contributed by atoms with van der Waals surface area (Å²) in [6.07, 6.45) is 2.78. The summed E-state index contributed by atoms with van der Waals surface area (Å²) in [6, 6.07) is 3.07. The van der Waals surface area contributed by atoms with Crippen molar-refractivity contribution in [3.8, 4) is 0 Å². The van der Waals surface area contributed by atoms with E-state index in [9.17, 15) is 22.4 Å². The Morgan fingerprint density at radius 2 is 1.80 bits per heavy atom. The molecule has 10 heteroatoms. The molecular weight excluding hydrogens is 415 g/mol.